The van der Waals surface area contributed by atoms with Crippen LogP contribution < -0.4 is 25.4 Å². The van der Waals surface area contributed by atoms with Crippen molar-refractivity contribution in [1.82, 2.24) is 5.32 Å². The summed E-state index contributed by atoms with van der Waals surface area (Å²) in [6.45, 7) is -0.429. The highest BCUT2D eigenvalue weighted by atomic mass is 35.5. The van der Waals surface area contributed by atoms with Crippen LogP contribution in [0, 0.1) is 0 Å². The van der Waals surface area contributed by atoms with Gasteiger partial charge in [0.25, 0.3) is 17.7 Å². The first-order chi connectivity index (χ1) is 14.7. The number of carbonyl (C=O) groups is 4. The van der Waals surface area contributed by atoms with Crippen molar-refractivity contribution in [2.24, 2.45) is 5.73 Å². The van der Waals surface area contributed by atoms with Gasteiger partial charge in [-0.3, -0.25) is 19.7 Å². The Morgan fingerprint density at radius 3 is 2.52 bits per heavy atom. The molecule has 0 bridgehead atoms. The lowest BCUT2D eigenvalue weighted by Crippen LogP contribution is -2.54. The molecular weight excluding hydrogens is 430 g/mol. The van der Waals surface area contributed by atoms with Gasteiger partial charge < -0.3 is 20.3 Å². The van der Waals surface area contributed by atoms with Gasteiger partial charge in [0.15, 0.2) is 18.1 Å². The van der Waals surface area contributed by atoms with Crippen molar-refractivity contribution in [2.75, 3.05) is 18.6 Å². The Bertz CT molecular complexity index is 1110. The van der Waals surface area contributed by atoms with Crippen LogP contribution in [-0.4, -0.2) is 42.6 Å². The third-order valence-corrected chi connectivity index (χ3v) is 4.41. The van der Waals surface area contributed by atoms with E-state index in [1.54, 1.807) is 0 Å². The lowest BCUT2D eigenvalue weighted by atomic mass is 10.1. The zero-order chi connectivity index (χ0) is 22.7. The van der Waals surface area contributed by atoms with E-state index in [1.807, 2.05) is 0 Å². The first-order valence-electron chi connectivity index (χ1n) is 8.70. The number of anilines is 1. The topological polar surface area (TPSA) is 148 Å². The van der Waals surface area contributed by atoms with Crippen molar-refractivity contribution in [1.29, 1.82) is 0 Å². The Morgan fingerprint density at radius 1 is 1.23 bits per heavy atom. The fraction of sp³-hybridized carbons (Fsp3) is 0.100. The standard InChI is InChI=1S/C20H16ClN3O7/c1-30-15-8-10(7-14(21)17(15)31-9-16(22)26)6-13-18(27)23-20(29)24(19(13)28)11-2-4-12(25)5-3-11/h2-8,25H,9H2,1H3,(H2,22,26)(H,23,27,29)/b13-6+. The summed E-state index contributed by atoms with van der Waals surface area (Å²) in [4.78, 5) is 49.1. The van der Waals surface area contributed by atoms with Crippen LogP contribution in [0.25, 0.3) is 6.08 Å². The molecule has 0 aromatic heterocycles. The fourth-order valence-electron chi connectivity index (χ4n) is 2.77. The molecule has 160 valence electrons. The number of barbiturate groups is 1. The van der Waals surface area contributed by atoms with E-state index in [0.29, 0.717) is 5.56 Å². The molecule has 10 nitrogen and oxygen atoms in total. The molecule has 2 aromatic rings. The van der Waals surface area contributed by atoms with Crippen LogP contribution in [0.3, 0.4) is 0 Å². The van der Waals surface area contributed by atoms with Gasteiger partial charge in [-0.1, -0.05) is 11.6 Å². The molecule has 0 aliphatic carbocycles. The number of rotatable bonds is 6. The van der Waals surface area contributed by atoms with E-state index in [4.69, 9.17) is 26.8 Å². The van der Waals surface area contributed by atoms with Crippen molar-refractivity contribution < 1.29 is 33.8 Å². The summed E-state index contributed by atoms with van der Waals surface area (Å²) in [5.41, 5.74) is 5.18. The number of methoxy groups -OCH3 is 1. The second kappa shape index (κ2) is 8.76. The van der Waals surface area contributed by atoms with Gasteiger partial charge in [0.05, 0.1) is 17.8 Å². The van der Waals surface area contributed by atoms with Gasteiger partial charge in [-0.05, 0) is 48.0 Å². The number of benzene rings is 2. The summed E-state index contributed by atoms with van der Waals surface area (Å²) in [5, 5.41) is 11.5. The lowest BCUT2D eigenvalue weighted by molar-refractivity contribution is -0.123. The van der Waals surface area contributed by atoms with Gasteiger partial charge in [-0.25, -0.2) is 9.69 Å². The number of ether oxygens (including phenoxy) is 2. The highest BCUT2D eigenvalue weighted by Gasteiger charge is 2.36. The molecule has 0 atom stereocenters. The number of hydrogen-bond acceptors (Lipinski definition) is 7. The van der Waals surface area contributed by atoms with Gasteiger partial charge >= 0.3 is 6.03 Å². The summed E-state index contributed by atoms with van der Waals surface area (Å²) in [5.74, 6) is -2.34. The maximum Gasteiger partial charge on any atom is 0.335 e. The molecule has 1 heterocycles. The van der Waals surface area contributed by atoms with E-state index in [9.17, 15) is 24.3 Å². The first kappa shape index (κ1) is 21.7. The third-order valence-electron chi connectivity index (χ3n) is 4.13. The van der Waals surface area contributed by atoms with E-state index in [2.05, 4.69) is 5.32 Å². The Hall–Kier alpha value is -4.05. The van der Waals surface area contributed by atoms with Gasteiger partial charge in [0.2, 0.25) is 0 Å². The quantitative estimate of drug-likeness (QED) is 0.451. The van der Waals surface area contributed by atoms with Crippen molar-refractivity contribution >= 4 is 47.1 Å². The number of imide groups is 2. The van der Waals surface area contributed by atoms with E-state index in [-0.39, 0.29) is 33.5 Å². The Balaban J connectivity index is 1.99. The monoisotopic (exact) mass is 445 g/mol. The number of urea groups is 1. The molecule has 3 rings (SSSR count). The van der Waals surface area contributed by atoms with Crippen molar-refractivity contribution in [3.8, 4) is 17.2 Å². The second-order valence-corrected chi connectivity index (χ2v) is 6.67. The smallest absolute Gasteiger partial charge is 0.335 e. The summed E-state index contributed by atoms with van der Waals surface area (Å²) in [6, 6.07) is 7.18. The summed E-state index contributed by atoms with van der Waals surface area (Å²) >= 11 is 6.19. The molecule has 1 aliphatic heterocycles. The average molecular weight is 446 g/mol. The predicted octanol–water partition coefficient (Wildman–Crippen LogP) is 1.58. The number of nitrogens with zero attached hydrogens (tertiary/aromatic N) is 1. The van der Waals surface area contributed by atoms with Crippen LogP contribution in [0.4, 0.5) is 10.5 Å². The van der Waals surface area contributed by atoms with E-state index < -0.39 is 30.4 Å². The number of aromatic hydroxyl groups is 1. The van der Waals surface area contributed by atoms with Crippen molar-refractivity contribution in [2.45, 2.75) is 0 Å². The Kier molecular flexibility index (Phi) is 6.12. The van der Waals surface area contributed by atoms with Crippen molar-refractivity contribution in [3.63, 3.8) is 0 Å². The minimum Gasteiger partial charge on any atom is -0.508 e. The molecule has 11 heteroatoms. The number of amides is 5. The average Bonchev–Trinajstić information content (AvgIpc) is 2.71. The molecule has 1 aliphatic rings. The van der Waals surface area contributed by atoms with Crippen LogP contribution in [0.5, 0.6) is 17.2 Å². The summed E-state index contributed by atoms with van der Waals surface area (Å²) in [6.07, 6.45) is 1.23. The third kappa shape index (κ3) is 4.59. The molecular formula is C20H16ClN3O7. The van der Waals surface area contributed by atoms with Crippen LogP contribution in [0.2, 0.25) is 5.02 Å². The molecule has 2 aromatic carbocycles. The lowest BCUT2D eigenvalue weighted by Gasteiger charge is -2.26. The van der Waals surface area contributed by atoms with Gasteiger partial charge in [-0.15, -0.1) is 0 Å². The van der Waals surface area contributed by atoms with Gasteiger partial charge in [-0.2, -0.15) is 0 Å². The first-order valence-corrected chi connectivity index (χ1v) is 9.08. The molecule has 0 unspecified atom stereocenters. The van der Waals surface area contributed by atoms with Crippen LogP contribution in [0.15, 0.2) is 42.0 Å². The maximum absolute atomic E-state index is 12.9. The van der Waals surface area contributed by atoms with E-state index in [0.717, 1.165) is 4.90 Å². The number of primary amides is 1. The number of nitrogens with two attached hydrogens (primary N) is 1. The Morgan fingerprint density at radius 2 is 1.90 bits per heavy atom. The molecule has 1 fully saturated rings. The number of halogens is 1. The molecule has 5 amide bonds. The zero-order valence-electron chi connectivity index (χ0n) is 16.0. The van der Waals surface area contributed by atoms with Gasteiger partial charge in [0.1, 0.15) is 11.3 Å². The normalized spacial score (nSPS) is 15.1. The Labute approximate surface area is 180 Å². The van der Waals surface area contributed by atoms with Crippen LogP contribution >= 0.6 is 11.6 Å². The SMILES string of the molecule is COc1cc(/C=C2\C(=O)NC(=O)N(c3ccc(O)cc3)C2=O)cc(Cl)c1OCC(N)=O. The predicted molar refractivity (Wildman–Crippen MR) is 110 cm³/mol. The molecule has 0 radical (unpaired) electrons. The molecule has 31 heavy (non-hydrogen) atoms. The van der Waals surface area contributed by atoms with Crippen molar-refractivity contribution in [3.05, 3.63) is 52.6 Å². The summed E-state index contributed by atoms with van der Waals surface area (Å²) < 4.78 is 10.4. The highest BCUT2D eigenvalue weighted by Crippen LogP contribution is 2.37. The number of nitrogens with one attached hydrogen (secondary N) is 1. The molecule has 1 saturated heterocycles. The number of carbonyl (C=O) groups excluding carboxylic acids is 4. The van der Waals surface area contributed by atoms with Crippen LogP contribution in [-0.2, 0) is 14.4 Å². The highest BCUT2D eigenvalue weighted by molar-refractivity contribution is 6.39. The molecule has 0 spiro atoms. The molecule has 4 N–H and O–H groups in total. The van der Waals surface area contributed by atoms with E-state index in [1.165, 1.54) is 49.6 Å². The van der Waals surface area contributed by atoms with E-state index >= 15 is 0 Å². The largest absolute Gasteiger partial charge is 0.508 e. The van der Waals surface area contributed by atoms with Gasteiger partial charge in [0, 0.05) is 0 Å². The minimum absolute atomic E-state index is 0.0441. The second-order valence-electron chi connectivity index (χ2n) is 6.26. The van der Waals surface area contributed by atoms with Crippen LogP contribution in [0.1, 0.15) is 5.56 Å². The number of hydrogen-bond donors (Lipinski definition) is 3. The summed E-state index contributed by atoms with van der Waals surface area (Å²) in [7, 11) is 1.34. The maximum atomic E-state index is 12.9. The fourth-order valence-corrected chi connectivity index (χ4v) is 3.04. The number of phenols is 1. The minimum atomic E-state index is -0.927. The zero-order valence-corrected chi connectivity index (χ0v) is 16.8. The molecule has 0 saturated carbocycles. The number of phenolic OH excluding ortho intramolecular Hbond substituents is 1.